The van der Waals surface area contributed by atoms with E-state index in [1.165, 1.54) is 21.3 Å². The number of carbonyl (C=O) groups excluding carboxylic acids is 2. The predicted octanol–water partition coefficient (Wildman–Crippen LogP) is 13.4. The summed E-state index contributed by atoms with van der Waals surface area (Å²) in [7, 11) is 0. The summed E-state index contributed by atoms with van der Waals surface area (Å²) in [5.74, 6) is -0.255. The Hall–Kier alpha value is -8.42. The molecule has 0 atom stereocenters. The Kier molecular flexibility index (Phi) is 11.1. The number of benzene rings is 8. The van der Waals surface area contributed by atoms with E-state index >= 15 is 9.59 Å². The van der Waals surface area contributed by atoms with Crippen molar-refractivity contribution in [2.75, 3.05) is 4.90 Å². The van der Waals surface area contributed by atoms with E-state index in [2.05, 4.69) is 142 Å². The summed E-state index contributed by atoms with van der Waals surface area (Å²) >= 11 is 0. The van der Waals surface area contributed by atoms with Gasteiger partial charge in [-0.2, -0.15) is 0 Å². The van der Waals surface area contributed by atoms with Gasteiger partial charge in [-0.25, -0.2) is 0 Å². The molecule has 0 radical (unpaired) electrons. The van der Waals surface area contributed by atoms with Gasteiger partial charge in [0.05, 0.1) is 11.1 Å². The third kappa shape index (κ3) is 8.03. The second-order valence-corrected chi connectivity index (χ2v) is 16.9. The Morgan fingerprint density at radius 1 is 0.379 bits per heavy atom. The lowest BCUT2D eigenvalue weighted by molar-refractivity contribution is -0.140. The van der Waals surface area contributed by atoms with Crippen LogP contribution in [0.1, 0.15) is 56.0 Å². The minimum absolute atomic E-state index is 0.146. The van der Waals surface area contributed by atoms with Gasteiger partial charge < -0.3 is 14.6 Å². The summed E-state index contributed by atoms with van der Waals surface area (Å²) in [4.78, 5) is 46.1. The minimum atomic E-state index is -0.496. The number of aryl methyl sites for hydroxylation is 4. The molecule has 0 saturated heterocycles. The van der Waals surface area contributed by atoms with E-state index in [0.29, 0.717) is 34.0 Å². The molecule has 66 heavy (non-hydrogen) atoms. The molecule has 10 rings (SSSR count). The van der Waals surface area contributed by atoms with Crippen molar-refractivity contribution < 1.29 is 19.3 Å². The normalized spacial score (nSPS) is 13.5. The van der Waals surface area contributed by atoms with Crippen LogP contribution in [0.4, 0.5) is 17.1 Å². The van der Waals surface area contributed by atoms with Crippen LogP contribution in [-0.4, -0.2) is 21.9 Å². The molecule has 2 heterocycles. The van der Waals surface area contributed by atoms with E-state index in [1.807, 2.05) is 72.8 Å². The number of hydroxylamine groups is 4. The molecule has 7 nitrogen and oxygen atoms in total. The van der Waals surface area contributed by atoms with Gasteiger partial charge in [-0.05, 0) is 111 Å². The predicted molar refractivity (Wildman–Crippen MR) is 262 cm³/mol. The van der Waals surface area contributed by atoms with Gasteiger partial charge in [-0.1, -0.05) is 162 Å². The van der Waals surface area contributed by atoms with Gasteiger partial charge in [0.25, 0.3) is 11.8 Å². The highest BCUT2D eigenvalue weighted by Crippen LogP contribution is 2.49. The summed E-state index contributed by atoms with van der Waals surface area (Å²) in [6.45, 7) is 8.30. The number of anilines is 3. The Morgan fingerprint density at radius 3 is 1.21 bits per heavy atom. The molecule has 7 heteroatoms. The second-order valence-electron chi connectivity index (χ2n) is 16.9. The maximum atomic E-state index is 15.4. The van der Waals surface area contributed by atoms with E-state index < -0.39 is 11.8 Å². The fourth-order valence-corrected chi connectivity index (χ4v) is 8.72. The fourth-order valence-electron chi connectivity index (χ4n) is 8.72. The number of para-hydroxylation sites is 2. The molecule has 0 fully saturated rings. The number of fused-ring (bicyclic) bond motifs is 1. The third-order valence-corrected chi connectivity index (χ3v) is 12.1. The quantitative estimate of drug-likeness (QED) is 0.115. The molecule has 0 spiro atoms. The lowest BCUT2D eigenvalue weighted by Crippen LogP contribution is -2.33. The first kappa shape index (κ1) is 41.6. The molecule has 0 bridgehead atoms. The molecule has 0 N–H and O–H groups in total. The van der Waals surface area contributed by atoms with Crippen molar-refractivity contribution >= 4 is 40.3 Å². The van der Waals surface area contributed by atoms with Crippen LogP contribution in [0.5, 0.6) is 11.5 Å². The fraction of sp³-hybridized carbons (Fsp3) is 0.0847. The van der Waals surface area contributed by atoms with E-state index in [0.717, 1.165) is 44.9 Å². The SMILES string of the molecule is Cc1ccc(C(c2ccc(C)cc2)c2cccc(C3=C4C(=O)N(Oc5ccccc5)C(c5cccc(N(c6ccc(C)cc6)c6ccc(C)cc6)c5)=C4C(=O)N3Oc3ccccc3)c2)cc1. The Morgan fingerprint density at radius 2 is 0.773 bits per heavy atom. The Balaban J connectivity index is 1.18. The molecule has 0 saturated carbocycles. The van der Waals surface area contributed by atoms with Crippen LogP contribution in [0.2, 0.25) is 0 Å². The average molecular weight is 862 g/mol. The van der Waals surface area contributed by atoms with Crippen LogP contribution < -0.4 is 14.6 Å². The van der Waals surface area contributed by atoms with Crippen molar-refractivity contribution in [3.05, 3.63) is 267 Å². The lowest BCUT2D eigenvalue weighted by atomic mass is 9.83. The summed E-state index contributed by atoms with van der Waals surface area (Å²) in [6.07, 6.45) is 0. The first-order valence-electron chi connectivity index (χ1n) is 22.1. The Bertz CT molecular complexity index is 2840. The van der Waals surface area contributed by atoms with Gasteiger partial charge >= 0.3 is 0 Å². The van der Waals surface area contributed by atoms with Crippen LogP contribution in [0, 0.1) is 27.7 Å². The zero-order valence-corrected chi connectivity index (χ0v) is 37.2. The molecule has 2 aliphatic rings. The number of carbonyl (C=O) groups is 2. The van der Waals surface area contributed by atoms with E-state index in [4.69, 9.17) is 9.68 Å². The van der Waals surface area contributed by atoms with Gasteiger partial charge in [0, 0.05) is 34.1 Å². The topological polar surface area (TPSA) is 62.3 Å². The molecule has 2 amide bonds. The van der Waals surface area contributed by atoms with Crippen LogP contribution in [0.3, 0.4) is 0 Å². The van der Waals surface area contributed by atoms with Crippen molar-refractivity contribution in [3.8, 4) is 11.5 Å². The standard InChI is InChI=1S/C59H47N3O4/c1-39-21-29-43(30-22-39)53(44-31-23-40(2)24-32-44)45-13-11-14-46(37-45)56-54-55(59(64)61(56)65-51-17-7-5-8-18-51)57(62(58(54)63)66-52-19-9-6-10-20-52)47-15-12-16-50(38-47)60(48-33-25-41(3)26-34-48)49-35-27-42(4)28-36-49/h5-38,53H,1-4H3. The molecule has 2 aliphatic heterocycles. The number of hydrogen-bond donors (Lipinski definition) is 0. The maximum absolute atomic E-state index is 15.4. The zero-order chi connectivity index (χ0) is 45.3. The highest BCUT2D eigenvalue weighted by molar-refractivity contribution is 6.29. The summed E-state index contributed by atoms with van der Waals surface area (Å²) in [5.41, 5.74) is 12.8. The summed E-state index contributed by atoms with van der Waals surface area (Å²) in [5, 5.41) is 2.54. The van der Waals surface area contributed by atoms with Crippen molar-refractivity contribution in [3.63, 3.8) is 0 Å². The molecule has 8 aromatic carbocycles. The number of hydrogen-bond acceptors (Lipinski definition) is 5. The first-order valence-corrected chi connectivity index (χ1v) is 22.1. The van der Waals surface area contributed by atoms with Crippen molar-refractivity contribution in [1.29, 1.82) is 0 Å². The summed E-state index contributed by atoms with van der Waals surface area (Å²) < 4.78 is 0. The van der Waals surface area contributed by atoms with Crippen LogP contribution in [-0.2, 0) is 9.59 Å². The molecule has 0 aromatic heterocycles. The number of nitrogens with zero attached hydrogens (tertiary/aromatic N) is 3. The number of amides is 2. The van der Waals surface area contributed by atoms with E-state index in [-0.39, 0.29) is 17.1 Å². The first-order chi connectivity index (χ1) is 32.2. The monoisotopic (exact) mass is 861 g/mol. The summed E-state index contributed by atoms with van der Waals surface area (Å²) in [6, 6.07) is 68.2. The van der Waals surface area contributed by atoms with Gasteiger partial charge in [0.2, 0.25) is 0 Å². The van der Waals surface area contributed by atoms with Crippen molar-refractivity contribution in [2.24, 2.45) is 0 Å². The van der Waals surface area contributed by atoms with Gasteiger partial charge in [-0.15, -0.1) is 10.1 Å². The molecule has 0 aliphatic carbocycles. The third-order valence-electron chi connectivity index (χ3n) is 12.1. The van der Waals surface area contributed by atoms with Crippen molar-refractivity contribution in [1.82, 2.24) is 10.1 Å². The highest BCUT2D eigenvalue weighted by Gasteiger charge is 2.52. The smallest absolute Gasteiger partial charge is 0.294 e. The second kappa shape index (κ2) is 17.6. The average Bonchev–Trinajstić information content (AvgIpc) is 3.78. The zero-order valence-electron chi connectivity index (χ0n) is 37.2. The molecule has 8 aromatic rings. The Labute approximate surface area is 385 Å². The van der Waals surface area contributed by atoms with Crippen molar-refractivity contribution in [2.45, 2.75) is 33.6 Å². The lowest BCUT2D eigenvalue weighted by Gasteiger charge is -2.27. The maximum Gasteiger partial charge on any atom is 0.294 e. The van der Waals surface area contributed by atoms with Gasteiger partial charge in [0.1, 0.15) is 11.4 Å². The minimum Gasteiger partial charge on any atom is -0.372 e. The molecule has 0 unspecified atom stereocenters. The van der Waals surface area contributed by atoms with Gasteiger partial charge in [-0.3, -0.25) is 9.59 Å². The van der Waals surface area contributed by atoms with Crippen LogP contribution in [0.15, 0.2) is 217 Å². The van der Waals surface area contributed by atoms with E-state index in [1.54, 1.807) is 24.3 Å². The largest absolute Gasteiger partial charge is 0.372 e. The molecular formula is C59H47N3O4. The van der Waals surface area contributed by atoms with Crippen LogP contribution >= 0.6 is 0 Å². The van der Waals surface area contributed by atoms with Crippen LogP contribution in [0.25, 0.3) is 11.4 Å². The molecule has 322 valence electrons. The number of rotatable bonds is 12. The molecular weight excluding hydrogens is 815 g/mol. The highest BCUT2D eigenvalue weighted by atomic mass is 16.7. The van der Waals surface area contributed by atoms with Gasteiger partial charge in [0.15, 0.2) is 11.5 Å². The van der Waals surface area contributed by atoms with E-state index in [9.17, 15) is 0 Å².